The van der Waals surface area contributed by atoms with E-state index < -0.39 is 6.04 Å². The van der Waals surface area contributed by atoms with Gasteiger partial charge in [-0.3, -0.25) is 9.59 Å². The van der Waals surface area contributed by atoms with E-state index >= 15 is 0 Å². The number of ether oxygens (including phenoxy) is 1. The third kappa shape index (κ3) is 2.66. The van der Waals surface area contributed by atoms with Crippen molar-refractivity contribution < 1.29 is 14.3 Å². The molecule has 0 unspecified atom stereocenters. The number of nitrogens with one attached hydrogen (secondary N) is 1. The lowest BCUT2D eigenvalue weighted by Gasteiger charge is -2.22. The minimum atomic E-state index is -0.440. The molecule has 2 heterocycles. The fraction of sp³-hybridized carbons (Fsp3) is 0.263. The van der Waals surface area contributed by atoms with E-state index in [0.717, 1.165) is 16.9 Å². The lowest BCUT2D eigenvalue weighted by molar-refractivity contribution is -0.124. The Bertz CT molecular complexity index is 839. The van der Waals surface area contributed by atoms with Crippen LogP contribution in [-0.4, -0.2) is 35.6 Å². The highest BCUT2D eigenvalue weighted by Crippen LogP contribution is 2.48. The van der Waals surface area contributed by atoms with Crippen LogP contribution >= 0.6 is 11.8 Å². The first-order valence-corrected chi connectivity index (χ1v) is 9.18. The van der Waals surface area contributed by atoms with Crippen LogP contribution in [0.25, 0.3) is 0 Å². The summed E-state index contributed by atoms with van der Waals surface area (Å²) in [6.45, 7) is 0.379. The fourth-order valence-electron chi connectivity index (χ4n) is 3.39. The summed E-state index contributed by atoms with van der Waals surface area (Å²) in [5.74, 6) is 1.18. The zero-order valence-corrected chi connectivity index (χ0v) is 14.6. The van der Waals surface area contributed by atoms with Gasteiger partial charge in [0.15, 0.2) is 0 Å². The highest BCUT2D eigenvalue weighted by Gasteiger charge is 2.48. The van der Waals surface area contributed by atoms with Crippen molar-refractivity contribution in [1.29, 1.82) is 0 Å². The van der Waals surface area contributed by atoms with Crippen LogP contribution in [-0.2, 0) is 11.3 Å². The maximum atomic E-state index is 12.7. The number of fused-ring (bicyclic) bond motifs is 3. The molecule has 0 aromatic heterocycles. The van der Waals surface area contributed by atoms with Gasteiger partial charge in [0.2, 0.25) is 5.91 Å². The quantitative estimate of drug-likeness (QED) is 0.917. The molecule has 2 atom stereocenters. The van der Waals surface area contributed by atoms with Gasteiger partial charge in [-0.2, -0.15) is 0 Å². The molecular formula is C19H18N2O3S. The van der Waals surface area contributed by atoms with Crippen LogP contribution in [0.1, 0.15) is 26.9 Å². The molecule has 4 rings (SSSR count). The van der Waals surface area contributed by atoms with Crippen molar-refractivity contribution >= 4 is 23.6 Å². The van der Waals surface area contributed by atoms with Gasteiger partial charge in [0.1, 0.15) is 17.2 Å². The number of thioether (sulfide) groups is 1. The van der Waals surface area contributed by atoms with Crippen LogP contribution in [0.3, 0.4) is 0 Å². The Kier molecular flexibility index (Phi) is 4.13. The van der Waals surface area contributed by atoms with Crippen LogP contribution in [0.5, 0.6) is 5.75 Å². The van der Waals surface area contributed by atoms with Gasteiger partial charge < -0.3 is 15.0 Å². The SMILES string of the molecule is COc1ccccc1CNC(=O)[C@@H]1CS[C@H]2c3ccccc3C(=O)N12. The van der Waals surface area contributed by atoms with Crippen LogP contribution in [0.4, 0.5) is 0 Å². The number of para-hydroxylation sites is 1. The Morgan fingerprint density at radius 2 is 2.00 bits per heavy atom. The van der Waals surface area contributed by atoms with E-state index in [2.05, 4.69) is 5.32 Å². The van der Waals surface area contributed by atoms with Gasteiger partial charge >= 0.3 is 0 Å². The lowest BCUT2D eigenvalue weighted by atomic mass is 10.1. The minimum Gasteiger partial charge on any atom is -0.496 e. The summed E-state index contributed by atoms with van der Waals surface area (Å²) < 4.78 is 5.31. The van der Waals surface area contributed by atoms with Crippen molar-refractivity contribution in [1.82, 2.24) is 10.2 Å². The van der Waals surface area contributed by atoms with Crippen molar-refractivity contribution in [3.8, 4) is 5.75 Å². The third-order valence-corrected chi connectivity index (χ3v) is 5.95. The molecule has 0 aliphatic carbocycles. The highest BCUT2D eigenvalue weighted by atomic mass is 32.2. The molecule has 0 bridgehead atoms. The van der Waals surface area contributed by atoms with E-state index in [4.69, 9.17) is 4.74 Å². The molecule has 128 valence electrons. The van der Waals surface area contributed by atoms with Crippen LogP contribution < -0.4 is 10.1 Å². The Morgan fingerprint density at radius 3 is 2.84 bits per heavy atom. The lowest BCUT2D eigenvalue weighted by Crippen LogP contribution is -2.45. The summed E-state index contributed by atoms with van der Waals surface area (Å²) in [5.41, 5.74) is 2.64. The molecule has 2 amide bonds. The second-order valence-corrected chi connectivity index (χ2v) is 7.14. The van der Waals surface area contributed by atoms with E-state index in [0.29, 0.717) is 17.9 Å². The first-order valence-electron chi connectivity index (χ1n) is 8.13. The van der Waals surface area contributed by atoms with Crippen LogP contribution in [0, 0.1) is 0 Å². The van der Waals surface area contributed by atoms with Crippen molar-refractivity contribution in [2.75, 3.05) is 12.9 Å². The Morgan fingerprint density at radius 1 is 1.24 bits per heavy atom. The molecule has 5 nitrogen and oxygen atoms in total. The number of carbonyl (C=O) groups excluding carboxylic acids is 2. The first-order chi connectivity index (χ1) is 12.2. The topological polar surface area (TPSA) is 58.6 Å². The molecular weight excluding hydrogens is 336 g/mol. The van der Waals surface area contributed by atoms with Gasteiger partial charge in [-0.05, 0) is 17.7 Å². The van der Waals surface area contributed by atoms with Crippen molar-refractivity contribution in [3.05, 3.63) is 65.2 Å². The monoisotopic (exact) mass is 354 g/mol. The first kappa shape index (κ1) is 16.0. The van der Waals surface area contributed by atoms with E-state index in [1.165, 1.54) is 0 Å². The summed E-state index contributed by atoms with van der Waals surface area (Å²) in [7, 11) is 1.61. The van der Waals surface area contributed by atoms with Crippen molar-refractivity contribution in [3.63, 3.8) is 0 Å². The average Bonchev–Trinajstić information content (AvgIpc) is 3.21. The number of carbonyl (C=O) groups is 2. The average molecular weight is 354 g/mol. The van der Waals surface area contributed by atoms with Gasteiger partial charge in [0.25, 0.3) is 5.91 Å². The molecule has 1 fully saturated rings. The molecule has 0 spiro atoms. The molecule has 0 saturated carbocycles. The summed E-state index contributed by atoms with van der Waals surface area (Å²) in [5, 5.41) is 2.90. The number of hydrogen-bond acceptors (Lipinski definition) is 4. The Labute approximate surface area is 150 Å². The predicted octanol–water partition coefficient (Wildman–Crippen LogP) is 2.58. The van der Waals surface area contributed by atoms with Crippen LogP contribution in [0.15, 0.2) is 48.5 Å². The molecule has 25 heavy (non-hydrogen) atoms. The summed E-state index contributed by atoms with van der Waals surface area (Å²) in [4.78, 5) is 27.1. The van der Waals surface area contributed by atoms with Gasteiger partial charge in [0.05, 0.1) is 7.11 Å². The third-order valence-electron chi connectivity index (χ3n) is 4.64. The van der Waals surface area contributed by atoms with Gasteiger partial charge in [0, 0.05) is 23.4 Å². The van der Waals surface area contributed by atoms with E-state index in [-0.39, 0.29) is 17.2 Å². The minimum absolute atomic E-state index is 0.0503. The van der Waals surface area contributed by atoms with E-state index in [1.54, 1.807) is 23.8 Å². The highest BCUT2D eigenvalue weighted by molar-refractivity contribution is 7.99. The predicted molar refractivity (Wildman–Crippen MR) is 96.4 cm³/mol. The van der Waals surface area contributed by atoms with Gasteiger partial charge in [-0.1, -0.05) is 36.4 Å². The number of nitrogens with zero attached hydrogens (tertiary/aromatic N) is 1. The van der Waals surface area contributed by atoms with Crippen molar-refractivity contribution in [2.45, 2.75) is 18.0 Å². The molecule has 2 aromatic carbocycles. The molecule has 1 saturated heterocycles. The molecule has 0 radical (unpaired) electrons. The zero-order chi connectivity index (χ0) is 17.4. The molecule has 2 aliphatic rings. The molecule has 2 aromatic rings. The molecule has 2 aliphatic heterocycles. The van der Waals surface area contributed by atoms with E-state index in [1.807, 2.05) is 48.5 Å². The van der Waals surface area contributed by atoms with Gasteiger partial charge in [-0.25, -0.2) is 0 Å². The smallest absolute Gasteiger partial charge is 0.256 e. The molecule has 1 N–H and O–H groups in total. The maximum Gasteiger partial charge on any atom is 0.256 e. The van der Waals surface area contributed by atoms with Gasteiger partial charge in [-0.15, -0.1) is 11.8 Å². The normalized spacial score (nSPS) is 21.0. The van der Waals surface area contributed by atoms with Crippen molar-refractivity contribution in [2.24, 2.45) is 0 Å². The second-order valence-electron chi connectivity index (χ2n) is 6.03. The number of methoxy groups -OCH3 is 1. The summed E-state index contributed by atoms with van der Waals surface area (Å²) in [6.07, 6.45) is 0. The second kappa shape index (κ2) is 6.44. The summed E-state index contributed by atoms with van der Waals surface area (Å²) >= 11 is 1.64. The summed E-state index contributed by atoms with van der Waals surface area (Å²) in [6, 6.07) is 14.7. The number of amides is 2. The zero-order valence-electron chi connectivity index (χ0n) is 13.8. The molecule has 6 heteroatoms. The Balaban J connectivity index is 1.48. The maximum absolute atomic E-state index is 12.7. The fourth-order valence-corrected chi connectivity index (χ4v) is 4.86. The largest absolute Gasteiger partial charge is 0.496 e. The van der Waals surface area contributed by atoms with E-state index in [9.17, 15) is 9.59 Å². The Hall–Kier alpha value is -2.47. The number of hydrogen-bond donors (Lipinski definition) is 1. The number of rotatable bonds is 4. The number of benzene rings is 2. The standard InChI is InChI=1S/C19H18N2O3S/c1-24-16-9-5-2-6-12(16)10-20-17(22)15-11-25-19-14-8-4-3-7-13(14)18(23)21(15)19/h2-9,15,19H,10-11H2,1H3,(H,20,22)/t15-,19-/m0/s1. The van der Waals surface area contributed by atoms with Crippen LogP contribution in [0.2, 0.25) is 0 Å².